The Hall–Kier alpha value is -2.73. The van der Waals surface area contributed by atoms with Gasteiger partial charge in [-0.25, -0.2) is 9.97 Å². The Morgan fingerprint density at radius 1 is 1.00 bits per heavy atom. The van der Waals surface area contributed by atoms with E-state index in [4.69, 9.17) is 0 Å². The Balaban J connectivity index is 1.57. The number of benzene rings is 1. The van der Waals surface area contributed by atoms with E-state index in [1.54, 1.807) is 12.5 Å². The third kappa shape index (κ3) is 2.65. The molecule has 1 aliphatic heterocycles. The quantitative estimate of drug-likeness (QED) is 0.722. The predicted octanol–water partition coefficient (Wildman–Crippen LogP) is 1.81. The zero-order valence-electron chi connectivity index (χ0n) is 13.6. The molecule has 4 rings (SSSR count). The van der Waals surface area contributed by atoms with Gasteiger partial charge in [0.25, 0.3) is 5.91 Å². The molecule has 1 amide bonds. The summed E-state index contributed by atoms with van der Waals surface area (Å²) >= 11 is 0. The molecule has 0 saturated carbocycles. The summed E-state index contributed by atoms with van der Waals surface area (Å²) in [6.45, 7) is 3.42. The summed E-state index contributed by atoms with van der Waals surface area (Å²) in [4.78, 5) is 25.5. The average Bonchev–Trinajstić information content (AvgIpc) is 3.06. The molecule has 0 N–H and O–H groups in total. The molecular formula is C18H19N5O. The first-order valence-electron chi connectivity index (χ1n) is 8.09. The molecule has 6 heteroatoms. The maximum Gasteiger partial charge on any atom is 0.253 e. The van der Waals surface area contributed by atoms with Crippen molar-refractivity contribution in [1.82, 2.24) is 24.3 Å². The minimum Gasteiger partial charge on any atom is -0.336 e. The fourth-order valence-corrected chi connectivity index (χ4v) is 3.00. The van der Waals surface area contributed by atoms with E-state index < -0.39 is 0 Å². The summed E-state index contributed by atoms with van der Waals surface area (Å²) in [5, 5.41) is 0. The molecule has 6 nitrogen and oxygen atoms in total. The maximum absolute atomic E-state index is 12.6. The van der Waals surface area contributed by atoms with E-state index >= 15 is 0 Å². The van der Waals surface area contributed by atoms with Crippen LogP contribution < -0.4 is 0 Å². The van der Waals surface area contributed by atoms with Crippen molar-refractivity contribution in [1.29, 1.82) is 0 Å². The van der Waals surface area contributed by atoms with Crippen molar-refractivity contribution in [2.75, 3.05) is 33.2 Å². The number of carbonyl (C=O) groups is 1. The van der Waals surface area contributed by atoms with Gasteiger partial charge in [-0.2, -0.15) is 0 Å². The molecule has 0 radical (unpaired) electrons. The van der Waals surface area contributed by atoms with Gasteiger partial charge in [-0.1, -0.05) is 0 Å². The summed E-state index contributed by atoms with van der Waals surface area (Å²) in [5.74, 6) is 0.100. The minimum absolute atomic E-state index is 0.100. The van der Waals surface area contributed by atoms with Crippen molar-refractivity contribution < 1.29 is 4.79 Å². The van der Waals surface area contributed by atoms with E-state index in [1.807, 2.05) is 45.9 Å². The van der Waals surface area contributed by atoms with Gasteiger partial charge >= 0.3 is 0 Å². The molecule has 1 aromatic carbocycles. The molecule has 2 aromatic heterocycles. The predicted molar refractivity (Wildman–Crippen MR) is 92.3 cm³/mol. The third-order valence-corrected chi connectivity index (χ3v) is 4.49. The molecule has 122 valence electrons. The molecule has 24 heavy (non-hydrogen) atoms. The molecule has 3 heterocycles. The summed E-state index contributed by atoms with van der Waals surface area (Å²) < 4.78 is 1.93. The highest BCUT2D eigenvalue weighted by molar-refractivity contribution is 5.94. The van der Waals surface area contributed by atoms with Crippen LogP contribution in [-0.4, -0.2) is 63.5 Å². The smallest absolute Gasteiger partial charge is 0.253 e. The van der Waals surface area contributed by atoms with Crippen molar-refractivity contribution in [2.45, 2.75) is 0 Å². The van der Waals surface area contributed by atoms with Crippen LogP contribution in [0, 0.1) is 0 Å². The number of carbonyl (C=O) groups excluding carboxylic acids is 1. The molecular weight excluding hydrogens is 302 g/mol. The van der Waals surface area contributed by atoms with Gasteiger partial charge in [0.2, 0.25) is 0 Å². The molecule has 0 bridgehead atoms. The van der Waals surface area contributed by atoms with Crippen LogP contribution in [0.1, 0.15) is 10.4 Å². The zero-order chi connectivity index (χ0) is 16.5. The second-order valence-electron chi connectivity index (χ2n) is 6.10. The van der Waals surface area contributed by atoms with E-state index in [1.165, 1.54) is 0 Å². The lowest BCUT2D eigenvalue weighted by atomic mass is 10.1. The number of hydrogen-bond acceptors (Lipinski definition) is 4. The van der Waals surface area contributed by atoms with Crippen LogP contribution in [0.15, 0.2) is 48.9 Å². The van der Waals surface area contributed by atoms with Crippen molar-refractivity contribution in [3.8, 4) is 5.69 Å². The number of rotatable bonds is 2. The number of nitrogens with zero attached hydrogens (tertiary/aromatic N) is 5. The van der Waals surface area contributed by atoms with Crippen LogP contribution in [0.4, 0.5) is 0 Å². The van der Waals surface area contributed by atoms with E-state index in [-0.39, 0.29) is 5.91 Å². The Labute approximate surface area is 140 Å². The number of fused-ring (bicyclic) bond motifs is 1. The first-order valence-corrected chi connectivity index (χ1v) is 8.09. The van der Waals surface area contributed by atoms with Gasteiger partial charge in [0.1, 0.15) is 11.8 Å². The summed E-state index contributed by atoms with van der Waals surface area (Å²) in [6, 6.07) is 11.5. The van der Waals surface area contributed by atoms with Crippen LogP contribution in [-0.2, 0) is 0 Å². The zero-order valence-corrected chi connectivity index (χ0v) is 13.6. The van der Waals surface area contributed by atoms with E-state index in [0.29, 0.717) is 0 Å². The largest absolute Gasteiger partial charge is 0.336 e. The Bertz CT molecular complexity index is 863. The van der Waals surface area contributed by atoms with Gasteiger partial charge in [0, 0.05) is 43.6 Å². The molecule has 1 saturated heterocycles. The molecule has 1 aliphatic rings. The molecule has 1 fully saturated rings. The van der Waals surface area contributed by atoms with Crippen molar-refractivity contribution in [3.63, 3.8) is 0 Å². The van der Waals surface area contributed by atoms with Crippen molar-refractivity contribution in [2.24, 2.45) is 0 Å². The molecule has 0 atom stereocenters. The average molecular weight is 321 g/mol. The fourth-order valence-electron chi connectivity index (χ4n) is 3.00. The van der Waals surface area contributed by atoms with Crippen LogP contribution in [0.2, 0.25) is 0 Å². The summed E-state index contributed by atoms with van der Waals surface area (Å²) in [5.41, 5.74) is 3.34. The first-order chi connectivity index (χ1) is 11.7. The third-order valence-electron chi connectivity index (χ3n) is 4.49. The maximum atomic E-state index is 12.6. The number of hydrogen-bond donors (Lipinski definition) is 0. The van der Waals surface area contributed by atoms with Crippen LogP contribution in [0.25, 0.3) is 16.9 Å². The number of aromatic nitrogens is 3. The van der Waals surface area contributed by atoms with Gasteiger partial charge in [0.05, 0.1) is 0 Å². The molecule has 0 spiro atoms. The number of imidazole rings is 1. The second-order valence-corrected chi connectivity index (χ2v) is 6.10. The van der Waals surface area contributed by atoms with Crippen LogP contribution in [0.5, 0.6) is 0 Å². The number of amides is 1. The standard InChI is InChI=1S/C18H19N5O/c1-21-9-11-22(12-10-21)18(24)14-4-6-15(7-5-14)23-13-20-16-3-2-8-19-17(16)23/h2-8,13H,9-12H2,1H3. The normalized spacial score (nSPS) is 15.8. The van der Waals surface area contributed by atoms with Gasteiger partial charge in [-0.3, -0.25) is 9.36 Å². The number of likely N-dealkylation sites (N-methyl/N-ethyl adjacent to an activating group) is 1. The van der Waals surface area contributed by atoms with E-state index in [9.17, 15) is 4.79 Å². The van der Waals surface area contributed by atoms with Crippen molar-refractivity contribution >= 4 is 17.1 Å². The van der Waals surface area contributed by atoms with Crippen LogP contribution >= 0.6 is 0 Å². The number of piperazine rings is 1. The summed E-state index contributed by atoms with van der Waals surface area (Å²) in [7, 11) is 2.08. The Morgan fingerprint density at radius 3 is 2.50 bits per heavy atom. The Kier molecular flexibility index (Phi) is 3.74. The second kappa shape index (κ2) is 6.05. The highest BCUT2D eigenvalue weighted by Gasteiger charge is 2.20. The summed E-state index contributed by atoms with van der Waals surface area (Å²) in [6.07, 6.45) is 3.51. The fraction of sp³-hybridized carbons (Fsp3) is 0.278. The lowest BCUT2D eigenvalue weighted by Crippen LogP contribution is -2.47. The monoisotopic (exact) mass is 321 g/mol. The first kappa shape index (κ1) is 14.8. The highest BCUT2D eigenvalue weighted by Crippen LogP contribution is 2.17. The topological polar surface area (TPSA) is 54.3 Å². The lowest BCUT2D eigenvalue weighted by Gasteiger charge is -2.32. The van der Waals surface area contributed by atoms with E-state index in [0.717, 1.165) is 48.6 Å². The Morgan fingerprint density at radius 2 is 1.75 bits per heavy atom. The van der Waals surface area contributed by atoms with Gasteiger partial charge < -0.3 is 9.80 Å². The van der Waals surface area contributed by atoms with E-state index in [2.05, 4.69) is 21.9 Å². The lowest BCUT2D eigenvalue weighted by molar-refractivity contribution is 0.0664. The number of pyridine rings is 1. The van der Waals surface area contributed by atoms with Gasteiger partial charge in [-0.05, 0) is 43.4 Å². The minimum atomic E-state index is 0.100. The van der Waals surface area contributed by atoms with Crippen molar-refractivity contribution in [3.05, 3.63) is 54.5 Å². The molecule has 0 unspecified atom stereocenters. The molecule has 0 aliphatic carbocycles. The van der Waals surface area contributed by atoms with Gasteiger partial charge in [-0.15, -0.1) is 0 Å². The SMILES string of the molecule is CN1CCN(C(=O)c2ccc(-n3cnc4cccnc43)cc2)CC1. The van der Waals surface area contributed by atoms with Gasteiger partial charge in [0.15, 0.2) is 5.65 Å². The molecule has 3 aromatic rings. The van der Waals surface area contributed by atoms with Crippen LogP contribution in [0.3, 0.4) is 0 Å². The highest BCUT2D eigenvalue weighted by atomic mass is 16.2.